The number of carbonyl (C=O) groups is 1. The highest BCUT2D eigenvalue weighted by Crippen LogP contribution is 2.41. The Labute approximate surface area is 142 Å². The van der Waals surface area contributed by atoms with Crippen molar-refractivity contribution in [1.29, 1.82) is 0 Å². The molecule has 0 aliphatic heterocycles. The van der Waals surface area contributed by atoms with Crippen LogP contribution in [0.1, 0.15) is 12.7 Å². The largest absolute Gasteiger partial charge is 0.478 e. The Bertz CT molecular complexity index is 921. The van der Waals surface area contributed by atoms with E-state index in [4.69, 9.17) is 32.7 Å². The molecule has 0 aliphatic rings. The Balaban J connectivity index is 2.35. The molecule has 0 saturated carbocycles. The third-order valence-corrected chi connectivity index (χ3v) is 4.05. The molecule has 23 heavy (non-hydrogen) atoms. The predicted molar refractivity (Wildman–Crippen MR) is 93.0 cm³/mol. The number of carboxylic acid groups (broad SMARTS) is 1. The fraction of sp³-hybridized carbons (Fsp3) is 0.0556. The number of carboxylic acids is 1. The first-order valence-electron chi connectivity index (χ1n) is 6.86. The molecular weight excluding hydrogens is 335 g/mol. The molecule has 0 fully saturated rings. The maximum atomic E-state index is 11.0. The number of benzene rings is 2. The lowest BCUT2D eigenvalue weighted by Crippen LogP contribution is -1.90. The van der Waals surface area contributed by atoms with Gasteiger partial charge >= 0.3 is 5.97 Å². The molecule has 2 aromatic carbocycles. The van der Waals surface area contributed by atoms with Gasteiger partial charge in [-0.2, -0.15) is 0 Å². The molecule has 0 spiro atoms. The summed E-state index contributed by atoms with van der Waals surface area (Å²) in [7, 11) is 0. The van der Waals surface area contributed by atoms with E-state index in [0.29, 0.717) is 27.0 Å². The third-order valence-electron chi connectivity index (χ3n) is 3.50. The van der Waals surface area contributed by atoms with Gasteiger partial charge < -0.3 is 9.52 Å². The molecule has 0 aliphatic carbocycles. The lowest BCUT2D eigenvalue weighted by Gasteiger charge is -2.04. The summed E-state index contributed by atoms with van der Waals surface area (Å²) in [5.74, 6) is -0.547. The lowest BCUT2D eigenvalue weighted by atomic mass is 9.99. The molecule has 0 atom stereocenters. The van der Waals surface area contributed by atoms with E-state index in [1.807, 2.05) is 24.3 Å². The molecule has 3 aromatic rings. The number of allylic oxidation sites excluding steroid dienone is 1. The third kappa shape index (κ3) is 2.98. The number of furan rings is 1. The van der Waals surface area contributed by atoms with Gasteiger partial charge in [0.25, 0.3) is 0 Å². The van der Waals surface area contributed by atoms with Crippen LogP contribution in [0.25, 0.3) is 27.7 Å². The number of aliphatic carboxylic acids is 1. The van der Waals surface area contributed by atoms with Crippen LogP contribution in [0, 0.1) is 0 Å². The Hall–Kier alpha value is -2.23. The van der Waals surface area contributed by atoms with Crippen molar-refractivity contribution >= 4 is 45.7 Å². The van der Waals surface area contributed by atoms with Crippen molar-refractivity contribution in [2.75, 3.05) is 0 Å². The smallest absolute Gasteiger partial charge is 0.328 e. The van der Waals surface area contributed by atoms with Crippen LogP contribution in [0.4, 0.5) is 0 Å². The molecule has 0 bridgehead atoms. The molecule has 3 rings (SSSR count). The minimum Gasteiger partial charge on any atom is -0.478 e. The van der Waals surface area contributed by atoms with Gasteiger partial charge in [0.15, 0.2) is 5.58 Å². The molecule has 1 aromatic heterocycles. The van der Waals surface area contributed by atoms with Gasteiger partial charge in [-0.3, -0.25) is 0 Å². The second-order valence-electron chi connectivity index (χ2n) is 5.10. The van der Waals surface area contributed by atoms with E-state index in [9.17, 15) is 4.79 Å². The Morgan fingerprint density at radius 2 is 1.83 bits per heavy atom. The average molecular weight is 347 g/mol. The summed E-state index contributed by atoms with van der Waals surface area (Å²) >= 11 is 12.2. The summed E-state index contributed by atoms with van der Waals surface area (Å²) in [6, 6.07) is 12.8. The molecule has 0 saturated heterocycles. The molecule has 1 N–H and O–H groups in total. The number of hydrogen-bond donors (Lipinski definition) is 1. The number of halogens is 2. The van der Waals surface area contributed by atoms with Crippen molar-refractivity contribution in [2.45, 2.75) is 6.92 Å². The van der Waals surface area contributed by atoms with Gasteiger partial charge in [0.2, 0.25) is 0 Å². The Morgan fingerprint density at radius 1 is 1.13 bits per heavy atom. The topological polar surface area (TPSA) is 50.4 Å². The van der Waals surface area contributed by atoms with Crippen LogP contribution in [0.2, 0.25) is 10.0 Å². The maximum Gasteiger partial charge on any atom is 0.328 e. The fourth-order valence-corrected chi connectivity index (χ4v) is 2.86. The van der Waals surface area contributed by atoms with Gasteiger partial charge in [0.05, 0.1) is 5.02 Å². The summed E-state index contributed by atoms with van der Waals surface area (Å²) in [6.07, 6.45) is 1.12. The second kappa shape index (κ2) is 6.11. The highest BCUT2D eigenvalue weighted by molar-refractivity contribution is 6.35. The summed E-state index contributed by atoms with van der Waals surface area (Å²) in [5.41, 5.74) is 2.72. The van der Waals surface area contributed by atoms with Gasteiger partial charge in [-0.25, -0.2) is 4.79 Å². The minimum absolute atomic E-state index is 0.479. The molecule has 0 amide bonds. The van der Waals surface area contributed by atoms with E-state index in [1.54, 1.807) is 25.1 Å². The highest BCUT2D eigenvalue weighted by atomic mass is 35.5. The van der Waals surface area contributed by atoms with E-state index in [0.717, 1.165) is 22.6 Å². The Morgan fingerprint density at radius 3 is 2.48 bits per heavy atom. The first kappa shape index (κ1) is 15.7. The summed E-state index contributed by atoms with van der Waals surface area (Å²) in [5, 5.41) is 10.9. The molecule has 3 nitrogen and oxygen atoms in total. The zero-order chi connectivity index (χ0) is 16.6. The van der Waals surface area contributed by atoms with Crippen LogP contribution < -0.4 is 0 Å². The standard InChI is InChI=1S/C18H12Cl2O3/c1-10(9-15(21)22)17-16(11-5-7-12(19)8-6-11)13-3-2-4-14(20)18(13)23-17/h2-9H,1H3,(H,21,22). The van der Waals surface area contributed by atoms with Crippen molar-refractivity contribution in [1.82, 2.24) is 0 Å². The van der Waals surface area contributed by atoms with Crippen LogP contribution in [0.5, 0.6) is 0 Å². The number of rotatable bonds is 3. The van der Waals surface area contributed by atoms with Gasteiger partial charge in [0.1, 0.15) is 5.76 Å². The fourth-order valence-electron chi connectivity index (χ4n) is 2.52. The molecule has 1 heterocycles. The van der Waals surface area contributed by atoms with Gasteiger partial charge in [-0.1, -0.05) is 47.5 Å². The van der Waals surface area contributed by atoms with Crippen LogP contribution in [0.3, 0.4) is 0 Å². The summed E-state index contributed by atoms with van der Waals surface area (Å²) < 4.78 is 5.88. The lowest BCUT2D eigenvalue weighted by molar-refractivity contribution is -0.131. The van der Waals surface area contributed by atoms with Crippen molar-refractivity contribution < 1.29 is 14.3 Å². The predicted octanol–water partition coefficient (Wildman–Crippen LogP) is 5.89. The SMILES string of the molecule is CC(=CC(=O)O)c1oc2c(Cl)cccc2c1-c1ccc(Cl)cc1. The maximum absolute atomic E-state index is 11.0. The molecular formula is C18H12Cl2O3. The second-order valence-corrected chi connectivity index (χ2v) is 5.94. The first-order valence-corrected chi connectivity index (χ1v) is 7.61. The minimum atomic E-state index is -1.03. The molecule has 0 radical (unpaired) electrons. The van der Waals surface area contributed by atoms with Gasteiger partial charge in [-0.15, -0.1) is 0 Å². The number of fused-ring (bicyclic) bond motifs is 1. The summed E-state index contributed by atoms with van der Waals surface area (Å²) in [4.78, 5) is 11.0. The van der Waals surface area contributed by atoms with Crippen molar-refractivity contribution in [2.24, 2.45) is 0 Å². The molecule has 0 unspecified atom stereocenters. The van der Waals surface area contributed by atoms with E-state index < -0.39 is 5.97 Å². The Kier molecular flexibility index (Phi) is 4.16. The average Bonchev–Trinajstić information content (AvgIpc) is 2.88. The number of hydrogen-bond acceptors (Lipinski definition) is 2. The van der Waals surface area contributed by atoms with E-state index >= 15 is 0 Å². The van der Waals surface area contributed by atoms with E-state index in [1.165, 1.54) is 0 Å². The van der Waals surface area contributed by atoms with E-state index in [-0.39, 0.29) is 0 Å². The van der Waals surface area contributed by atoms with Gasteiger partial charge in [0, 0.05) is 22.0 Å². The first-order chi connectivity index (χ1) is 11.0. The number of para-hydroxylation sites is 1. The summed E-state index contributed by atoms with van der Waals surface area (Å²) in [6.45, 7) is 1.69. The van der Waals surface area contributed by atoms with Gasteiger partial charge in [-0.05, 0) is 36.3 Å². The van der Waals surface area contributed by atoms with Crippen LogP contribution >= 0.6 is 23.2 Å². The monoisotopic (exact) mass is 346 g/mol. The van der Waals surface area contributed by atoms with Crippen molar-refractivity contribution in [3.05, 3.63) is 64.3 Å². The van der Waals surface area contributed by atoms with Crippen LogP contribution in [-0.4, -0.2) is 11.1 Å². The van der Waals surface area contributed by atoms with E-state index in [2.05, 4.69) is 0 Å². The highest BCUT2D eigenvalue weighted by Gasteiger charge is 2.19. The van der Waals surface area contributed by atoms with Crippen LogP contribution in [0.15, 0.2) is 53.0 Å². The zero-order valence-electron chi connectivity index (χ0n) is 12.1. The van der Waals surface area contributed by atoms with Crippen molar-refractivity contribution in [3.8, 4) is 11.1 Å². The van der Waals surface area contributed by atoms with Crippen LogP contribution in [-0.2, 0) is 4.79 Å². The quantitative estimate of drug-likeness (QED) is 0.601. The molecule has 5 heteroatoms. The normalized spacial score (nSPS) is 11.9. The van der Waals surface area contributed by atoms with Crippen molar-refractivity contribution in [3.63, 3.8) is 0 Å². The zero-order valence-corrected chi connectivity index (χ0v) is 13.7. The molecule has 116 valence electrons.